The number of nitrogens with zero attached hydrogens (tertiary/aromatic N) is 3. The third-order valence-corrected chi connectivity index (χ3v) is 3.41. The van der Waals surface area contributed by atoms with E-state index in [2.05, 4.69) is 15.0 Å². The van der Waals surface area contributed by atoms with Crippen molar-refractivity contribution in [3.05, 3.63) is 42.1 Å². The second-order valence-corrected chi connectivity index (χ2v) is 4.84. The van der Waals surface area contributed by atoms with Gasteiger partial charge < -0.3 is 18.9 Å². The quantitative estimate of drug-likeness (QED) is 0.654. The van der Waals surface area contributed by atoms with Gasteiger partial charge in [0.25, 0.3) is 0 Å². The first-order valence-corrected chi connectivity index (χ1v) is 7.27. The number of methoxy groups -OCH3 is 3. The molecule has 25 heavy (non-hydrogen) atoms. The smallest absolute Gasteiger partial charge is 0.342 e. The van der Waals surface area contributed by atoms with Gasteiger partial charge in [0.2, 0.25) is 11.8 Å². The maximum absolute atomic E-state index is 12.3. The first-order chi connectivity index (χ1) is 12.2. The minimum atomic E-state index is -0.552. The van der Waals surface area contributed by atoms with Gasteiger partial charge in [0.05, 0.1) is 32.9 Å². The molecule has 0 atom stereocenters. The lowest BCUT2D eigenvalue weighted by Crippen LogP contribution is -2.06. The fourth-order valence-electron chi connectivity index (χ4n) is 2.27. The summed E-state index contributed by atoms with van der Waals surface area (Å²) in [7, 11) is 4.23. The third-order valence-electron chi connectivity index (χ3n) is 3.41. The van der Waals surface area contributed by atoms with Gasteiger partial charge in [0.1, 0.15) is 11.3 Å². The predicted molar refractivity (Wildman–Crippen MR) is 88.3 cm³/mol. The van der Waals surface area contributed by atoms with Crippen LogP contribution in [0, 0.1) is 0 Å². The number of ether oxygens (including phenoxy) is 4. The Hall–Kier alpha value is -3.42. The number of carbonyl (C=O) groups excluding carboxylic acids is 1. The zero-order valence-electron chi connectivity index (χ0n) is 13.8. The molecule has 2 heterocycles. The van der Waals surface area contributed by atoms with Gasteiger partial charge in [-0.15, -0.1) is 0 Å². The molecule has 0 aliphatic heterocycles. The van der Waals surface area contributed by atoms with Gasteiger partial charge in [-0.2, -0.15) is 9.97 Å². The number of carbonyl (C=O) groups is 1. The van der Waals surface area contributed by atoms with E-state index in [0.717, 1.165) is 0 Å². The van der Waals surface area contributed by atoms with Crippen LogP contribution in [0.5, 0.6) is 23.5 Å². The van der Waals surface area contributed by atoms with Crippen molar-refractivity contribution in [1.29, 1.82) is 0 Å². The first-order valence-electron chi connectivity index (χ1n) is 7.27. The van der Waals surface area contributed by atoms with Gasteiger partial charge in [0.15, 0.2) is 0 Å². The Bertz CT molecular complexity index is 907. The number of fused-ring (bicyclic) bond motifs is 1. The lowest BCUT2D eigenvalue weighted by Gasteiger charge is -2.12. The van der Waals surface area contributed by atoms with E-state index >= 15 is 0 Å². The van der Waals surface area contributed by atoms with Gasteiger partial charge in [-0.1, -0.05) is 6.07 Å². The molecule has 3 aromatic rings. The summed E-state index contributed by atoms with van der Waals surface area (Å²) < 4.78 is 20.8. The highest BCUT2D eigenvalue weighted by Gasteiger charge is 2.19. The number of pyridine rings is 1. The minimum absolute atomic E-state index is 0.0235. The molecule has 128 valence electrons. The third kappa shape index (κ3) is 3.27. The van der Waals surface area contributed by atoms with E-state index in [4.69, 9.17) is 18.9 Å². The summed E-state index contributed by atoms with van der Waals surface area (Å²) in [4.78, 5) is 24.7. The highest BCUT2D eigenvalue weighted by molar-refractivity contribution is 6.06. The summed E-state index contributed by atoms with van der Waals surface area (Å²) in [5.74, 6) is 0.221. The van der Waals surface area contributed by atoms with Gasteiger partial charge in [-0.3, -0.25) is 4.98 Å². The Kier molecular flexibility index (Phi) is 4.60. The van der Waals surface area contributed by atoms with Crippen molar-refractivity contribution in [2.24, 2.45) is 0 Å². The topological polar surface area (TPSA) is 92.7 Å². The van der Waals surface area contributed by atoms with Gasteiger partial charge in [-0.25, -0.2) is 4.79 Å². The standard InChI is InChI=1S/C17H15N3O5/c1-22-13-9-14(23-2)20-17(19-13)25-12-7-6-11-10(5-4-8-18-11)15(12)16(21)24-3/h4-9H,1-3H3. The Labute approximate surface area is 143 Å². The second kappa shape index (κ2) is 7.00. The van der Waals surface area contributed by atoms with Gasteiger partial charge in [0, 0.05) is 11.6 Å². The lowest BCUT2D eigenvalue weighted by molar-refractivity contribution is 0.0600. The van der Waals surface area contributed by atoms with E-state index in [1.165, 1.54) is 27.4 Å². The van der Waals surface area contributed by atoms with E-state index in [9.17, 15) is 4.79 Å². The van der Waals surface area contributed by atoms with Crippen LogP contribution in [-0.2, 0) is 4.74 Å². The molecule has 1 aromatic carbocycles. The SMILES string of the molecule is COC(=O)c1c(Oc2nc(OC)cc(OC)n2)ccc2ncccc12. The molecule has 0 saturated heterocycles. The number of benzene rings is 1. The summed E-state index contributed by atoms with van der Waals surface area (Å²) in [6.45, 7) is 0. The Balaban J connectivity index is 2.11. The normalized spacial score (nSPS) is 10.4. The molecule has 0 spiro atoms. The van der Waals surface area contributed by atoms with Crippen molar-refractivity contribution in [1.82, 2.24) is 15.0 Å². The number of aromatic nitrogens is 3. The van der Waals surface area contributed by atoms with Crippen LogP contribution in [-0.4, -0.2) is 42.3 Å². The molecular weight excluding hydrogens is 326 g/mol. The largest absolute Gasteiger partial charge is 0.481 e. The average Bonchev–Trinajstić information content (AvgIpc) is 2.66. The average molecular weight is 341 g/mol. The van der Waals surface area contributed by atoms with Crippen molar-refractivity contribution in [3.63, 3.8) is 0 Å². The maximum Gasteiger partial charge on any atom is 0.342 e. The van der Waals surface area contributed by atoms with Crippen LogP contribution in [0.25, 0.3) is 10.9 Å². The zero-order chi connectivity index (χ0) is 17.8. The van der Waals surface area contributed by atoms with E-state index in [0.29, 0.717) is 10.9 Å². The Morgan fingerprint density at radius 3 is 2.36 bits per heavy atom. The lowest BCUT2D eigenvalue weighted by atomic mass is 10.1. The molecule has 0 aliphatic carbocycles. The van der Waals surface area contributed by atoms with Gasteiger partial charge in [-0.05, 0) is 18.2 Å². The number of rotatable bonds is 5. The van der Waals surface area contributed by atoms with Gasteiger partial charge >= 0.3 is 12.0 Å². The predicted octanol–water partition coefficient (Wildman–Crippen LogP) is 2.62. The first kappa shape index (κ1) is 16.4. The molecule has 0 unspecified atom stereocenters. The fraction of sp³-hybridized carbons (Fsp3) is 0.176. The van der Waals surface area contributed by atoms with Crippen LogP contribution in [0.15, 0.2) is 36.5 Å². The van der Waals surface area contributed by atoms with Crippen molar-refractivity contribution in [3.8, 4) is 23.5 Å². The number of esters is 1. The Morgan fingerprint density at radius 2 is 1.72 bits per heavy atom. The van der Waals surface area contributed by atoms with Crippen LogP contribution in [0.4, 0.5) is 0 Å². The van der Waals surface area contributed by atoms with E-state index < -0.39 is 5.97 Å². The molecule has 8 heteroatoms. The molecule has 0 saturated carbocycles. The summed E-state index contributed by atoms with van der Waals surface area (Å²) in [5.41, 5.74) is 0.873. The van der Waals surface area contributed by atoms with E-state index in [1.54, 1.807) is 30.5 Å². The monoisotopic (exact) mass is 341 g/mol. The summed E-state index contributed by atoms with van der Waals surface area (Å²) in [5, 5.41) is 0.599. The molecule has 0 aliphatic rings. The zero-order valence-corrected chi connectivity index (χ0v) is 13.8. The van der Waals surface area contributed by atoms with E-state index in [1.807, 2.05) is 0 Å². The molecule has 0 bridgehead atoms. The highest BCUT2D eigenvalue weighted by atomic mass is 16.5. The molecule has 0 fully saturated rings. The summed E-state index contributed by atoms with van der Waals surface area (Å²) in [6, 6.07) is 8.31. The molecule has 2 aromatic heterocycles. The van der Waals surface area contributed by atoms with Crippen LogP contribution < -0.4 is 14.2 Å². The van der Waals surface area contributed by atoms with Crippen LogP contribution in [0.1, 0.15) is 10.4 Å². The van der Waals surface area contributed by atoms with Crippen molar-refractivity contribution >= 4 is 16.9 Å². The molecule has 3 rings (SSSR count). The fourth-order valence-corrected chi connectivity index (χ4v) is 2.27. The molecule has 0 amide bonds. The summed E-state index contributed by atoms with van der Waals surface area (Å²) in [6.07, 6.45) is 1.64. The molecular formula is C17H15N3O5. The van der Waals surface area contributed by atoms with Crippen molar-refractivity contribution in [2.75, 3.05) is 21.3 Å². The van der Waals surface area contributed by atoms with Crippen LogP contribution in [0.2, 0.25) is 0 Å². The van der Waals surface area contributed by atoms with E-state index in [-0.39, 0.29) is 29.1 Å². The molecule has 0 N–H and O–H groups in total. The molecule has 0 radical (unpaired) electrons. The summed E-state index contributed by atoms with van der Waals surface area (Å²) >= 11 is 0. The molecule has 8 nitrogen and oxygen atoms in total. The van der Waals surface area contributed by atoms with Crippen LogP contribution in [0.3, 0.4) is 0 Å². The van der Waals surface area contributed by atoms with Crippen molar-refractivity contribution < 1.29 is 23.7 Å². The second-order valence-electron chi connectivity index (χ2n) is 4.84. The minimum Gasteiger partial charge on any atom is -0.481 e. The Morgan fingerprint density at radius 1 is 1.00 bits per heavy atom. The number of hydrogen-bond acceptors (Lipinski definition) is 8. The maximum atomic E-state index is 12.3. The number of hydrogen-bond donors (Lipinski definition) is 0. The highest BCUT2D eigenvalue weighted by Crippen LogP contribution is 2.31. The van der Waals surface area contributed by atoms with Crippen molar-refractivity contribution in [2.45, 2.75) is 0 Å². The van der Waals surface area contributed by atoms with Crippen LogP contribution >= 0.6 is 0 Å².